The molecule has 0 bridgehead atoms. The minimum absolute atomic E-state index is 0.0375. The summed E-state index contributed by atoms with van der Waals surface area (Å²) in [5, 5.41) is 9.32. The molecule has 27 heavy (non-hydrogen) atoms. The van der Waals surface area contributed by atoms with Crippen LogP contribution in [0.3, 0.4) is 0 Å². The lowest BCUT2D eigenvalue weighted by Crippen LogP contribution is -2.42. The van der Waals surface area contributed by atoms with Crippen LogP contribution in [0.2, 0.25) is 0 Å². The smallest absolute Gasteiger partial charge is 0.271 e. The van der Waals surface area contributed by atoms with Gasteiger partial charge in [-0.3, -0.25) is 14.5 Å². The third kappa shape index (κ3) is 3.55. The summed E-state index contributed by atoms with van der Waals surface area (Å²) in [6.07, 6.45) is 3.00. The maximum Gasteiger partial charge on any atom is 0.271 e. The molecular formula is C21H15BrN2O3. The highest BCUT2D eigenvalue weighted by Crippen LogP contribution is 2.29. The Hall–Kier alpha value is -3.17. The molecule has 0 saturated carbocycles. The van der Waals surface area contributed by atoms with Crippen LogP contribution in [0.5, 0.6) is 0 Å². The van der Waals surface area contributed by atoms with Crippen molar-refractivity contribution in [3.8, 4) is 17.4 Å². The van der Waals surface area contributed by atoms with Gasteiger partial charge in [0.15, 0.2) is 0 Å². The van der Waals surface area contributed by atoms with Crippen LogP contribution in [-0.2, 0) is 9.59 Å². The first-order valence-electron chi connectivity index (χ1n) is 8.12. The van der Waals surface area contributed by atoms with Crippen molar-refractivity contribution in [2.75, 3.05) is 6.54 Å². The van der Waals surface area contributed by atoms with Crippen molar-refractivity contribution in [2.24, 2.45) is 0 Å². The second kappa shape index (κ2) is 7.60. The van der Waals surface area contributed by atoms with Crippen molar-refractivity contribution >= 4 is 33.8 Å². The lowest BCUT2D eigenvalue weighted by molar-refractivity contribution is -0.139. The Bertz CT molecular complexity index is 1040. The van der Waals surface area contributed by atoms with Crippen molar-refractivity contribution in [1.29, 1.82) is 5.26 Å². The maximum absolute atomic E-state index is 12.7. The standard InChI is InChI=1S/C21H15BrN2O3/c1-3-10-24-20(25)17(13(2)18(12-23)21(24)26)11-16-8-9-19(27-16)14-4-6-15(22)7-5-14/h3-9,11H,1,10H2,2H3/b17-11+. The van der Waals surface area contributed by atoms with E-state index in [1.807, 2.05) is 30.3 Å². The van der Waals surface area contributed by atoms with Gasteiger partial charge in [0.25, 0.3) is 11.8 Å². The zero-order chi connectivity index (χ0) is 19.6. The number of benzene rings is 1. The maximum atomic E-state index is 12.7. The molecule has 1 aromatic carbocycles. The summed E-state index contributed by atoms with van der Waals surface area (Å²) in [6.45, 7) is 5.18. The van der Waals surface area contributed by atoms with Crippen LogP contribution in [0.4, 0.5) is 0 Å². The van der Waals surface area contributed by atoms with Crippen LogP contribution in [0, 0.1) is 11.3 Å². The normalized spacial score (nSPS) is 16.0. The predicted molar refractivity (Wildman–Crippen MR) is 105 cm³/mol. The summed E-state index contributed by atoms with van der Waals surface area (Å²) in [4.78, 5) is 26.0. The van der Waals surface area contributed by atoms with Crippen molar-refractivity contribution in [2.45, 2.75) is 6.92 Å². The van der Waals surface area contributed by atoms with E-state index in [0.29, 0.717) is 17.1 Å². The van der Waals surface area contributed by atoms with E-state index in [0.717, 1.165) is 14.9 Å². The van der Waals surface area contributed by atoms with Crippen molar-refractivity contribution in [3.05, 3.63) is 76.0 Å². The van der Waals surface area contributed by atoms with Gasteiger partial charge in [0.2, 0.25) is 0 Å². The number of halogens is 1. The van der Waals surface area contributed by atoms with Gasteiger partial charge >= 0.3 is 0 Å². The first-order chi connectivity index (χ1) is 13.0. The number of imide groups is 1. The van der Waals surface area contributed by atoms with Gasteiger partial charge in [-0.05, 0) is 42.8 Å². The third-order valence-corrected chi connectivity index (χ3v) is 4.71. The lowest BCUT2D eigenvalue weighted by atomic mass is 9.94. The van der Waals surface area contributed by atoms with E-state index in [4.69, 9.17) is 4.42 Å². The van der Waals surface area contributed by atoms with Crippen LogP contribution < -0.4 is 0 Å². The van der Waals surface area contributed by atoms with Gasteiger partial charge in [0.05, 0.1) is 0 Å². The molecule has 0 N–H and O–H groups in total. The van der Waals surface area contributed by atoms with E-state index < -0.39 is 11.8 Å². The Balaban J connectivity index is 2.02. The van der Waals surface area contributed by atoms with Gasteiger partial charge in [-0.25, -0.2) is 0 Å². The number of carbonyl (C=O) groups excluding carboxylic acids is 2. The van der Waals surface area contributed by atoms with Crippen LogP contribution >= 0.6 is 15.9 Å². The van der Waals surface area contributed by atoms with E-state index >= 15 is 0 Å². The van der Waals surface area contributed by atoms with Crippen LogP contribution in [0.25, 0.3) is 17.4 Å². The SMILES string of the molecule is C=CCN1C(=O)C(C#N)=C(C)/C(=C\c2ccc(-c3ccc(Br)cc3)o2)C1=O. The van der Waals surface area contributed by atoms with E-state index in [2.05, 4.69) is 22.5 Å². The highest BCUT2D eigenvalue weighted by atomic mass is 79.9. The quantitative estimate of drug-likeness (QED) is 0.413. The molecule has 3 rings (SSSR count). The van der Waals surface area contributed by atoms with E-state index in [1.54, 1.807) is 25.1 Å². The molecule has 0 radical (unpaired) electrons. The number of hydrogen-bond donors (Lipinski definition) is 0. The summed E-state index contributed by atoms with van der Waals surface area (Å²) in [6, 6.07) is 13.1. The van der Waals surface area contributed by atoms with Crippen molar-refractivity contribution in [1.82, 2.24) is 4.90 Å². The third-order valence-electron chi connectivity index (χ3n) is 4.18. The monoisotopic (exact) mass is 422 g/mol. The molecule has 1 aliphatic rings. The van der Waals surface area contributed by atoms with Gasteiger partial charge in [0, 0.05) is 22.2 Å². The molecule has 2 aromatic rings. The molecule has 6 heteroatoms. The summed E-state index contributed by atoms with van der Waals surface area (Å²) in [5.74, 6) is 0.0321. The predicted octanol–water partition coefficient (Wildman–Crippen LogP) is 4.49. The lowest BCUT2D eigenvalue weighted by Gasteiger charge is -2.26. The fraction of sp³-hybridized carbons (Fsp3) is 0.0952. The second-order valence-corrected chi connectivity index (χ2v) is 6.80. The summed E-state index contributed by atoms with van der Waals surface area (Å²) in [7, 11) is 0. The highest BCUT2D eigenvalue weighted by molar-refractivity contribution is 9.10. The molecule has 0 fully saturated rings. The Morgan fingerprint density at radius 3 is 2.52 bits per heavy atom. The van der Waals surface area contributed by atoms with E-state index in [9.17, 15) is 14.9 Å². The Kier molecular flexibility index (Phi) is 5.24. The first kappa shape index (κ1) is 18.6. The zero-order valence-corrected chi connectivity index (χ0v) is 16.1. The number of amides is 2. The molecule has 5 nitrogen and oxygen atoms in total. The van der Waals surface area contributed by atoms with Crippen molar-refractivity contribution < 1.29 is 14.0 Å². The molecule has 0 atom stereocenters. The van der Waals surface area contributed by atoms with Crippen molar-refractivity contribution in [3.63, 3.8) is 0 Å². The molecule has 2 amide bonds. The zero-order valence-electron chi connectivity index (χ0n) is 14.5. The summed E-state index contributed by atoms with van der Waals surface area (Å²) in [5.41, 5.74) is 1.44. The van der Waals surface area contributed by atoms with Gasteiger partial charge in [-0.2, -0.15) is 5.26 Å². The highest BCUT2D eigenvalue weighted by Gasteiger charge is 2.34. The van der Waals surface area contributed by atoms with Crippen LogP contribution in [-0.4, -0.2) is 23.3 Å². The summed E-state index contributed by atoms with van der Waals surface area (Å²) >= 11 is 3.39. The average molecular weight is 423 g/mol. The Morgan fingerprint density at radius 2 is 1.89 bits per heavy atom. The van der Waals surface area contributed by atoms with Gasteiger partial charge in [-0.1, -0.05) is 34.1 Å². The molecule has 0 unspecified atom stereocenters. The molecular weight excluding hydrogens is 408 g/mol. The fourth-order valence-electron chi connectivity index (χ4n) is 2.77. The average Bonchev–Trinajstić information content (AvgIpc) is 3.12. The molecule has 0 aliphatic carbocycles. The summed E-state index contributed by atoms with van der Waals surface area (Å²) < 4.78 is 6.79. The molecule has 1 aromatic heterocycles. The van der Waals surface area contributed by atoms with Gasteiger partial charge < -0.3 is 4.42 Å². The number of carbonyl (C=O) groups is 2. The van der Waals surface area contributed by atoms with Gasteiger partial charge in [0.1, 0.15) is 23.2 Å². The first-order valence-corrected chi connectivity index (χ1v) is 8.91. The van der Waals surface area contributed by atoms with Gasteiger partial charge in [-0.15, -0.1) is 6.58 Å². The minimum Gasteiger partial charge on any atom is -0.457 e. The molecule has 0 spiro atoms. The second-order valence-electron chi connectivity index (χ2n) is 5.89. The Labute approximate surface area is 165 Å². The molecule has 2 heterocycles. The number of furan rings is 1. The number of nitriles is 1. The van der Waals surface area contributed by atoms with Crippen LogP contribution in [0.1, 0.15) is 12.7 Å². The van der Waals surface area contributed by atoms with E-state index in [-0.39, 0.29) is 17.7 Å². The number of hydrogen-bond acceptors (Lipinski definition) is 4. The minimum atomic E-state index is -0.605. The number of nitrogens with zero attached hydrogens (tertiary/aromatic N) is 2. The van der Waals surface area contributed by atoms with Crippen LogP contribution in [0.15, 0.2) is 74.7 Å². The molecule has 0 saturated heterocycles. The topological polar surface area (TPSA) is 74.3 Å². The van der Waals surface area contributed by atoms with E-state index in [1.165, 1.54) is 6.08 Å². The molecule has 134 valence electrons. The Morgan fingerprint density at radius 1 is 1.19 bits per heavy atom. The fourth-order valence-corrected chi connectivity index (χ4v) is 3.03. The number of rotatable bonds is 4. The molecule has 1 aliphatic heterocycles. The largest absolute Gasteiger partial charge is 0.457 e.